The van der Waals surface area contributed by atoms with Gasteiger partial charge in [-0.3, -0.25) is 0 Å². The van der Waals surface area contributed by atoms with Crippen LogP contribution in [0.1, 0.15) is 23.1 Å². The zero-order valence-electron chi connectivity index (χ0n) is 16.1. The van der Waals surface area contributed by atoms with Crippen LogP contribution in [-0.4, -0.2) is 5.10 Å². The molecule has 0 aliphatic carbocycles. The molecule has 0 aliphatic rings. The smallest absolute Gasteiger partial charge is 0.297 e. The van der Waals surface area contributed by atoms with Crippen LogP contribution in [0.2, 0.25) is 0 Å². The summed E-state index contributed by atoms with van der Waals surface area (Å²) in [7, 11) is 0. The highest BCUT2D eigenvalue weighted by molar-refractivity contribution is 7.15. The minimum absolute atomic E-state index is 0. The van der Waals surface area contributed by atoms with Crippen molar-refractivity contribution in [3.63, 3.8) is 0 Å². The third-order valence-electron chi connectivity index (χ3n) is 4.43. The highest BCUT2D eigenvalue weighted by atomic mass is 35.5. The maximum atomic E-state index is 4.80. The molecule has 0 amide bonds. The van der Waals surface area contributed by atoms with Gasteiger partial charge in [0.2, 0.25) is 5.69 Å². The molecule has 1 N–H and O–H groups in total. The lowest BCUT2D eigenvalue weighted by Crippen LogP contribution is -3.00. The van der Waals surface area contributed by atoms with E-state index < -0.39 is 0 Å². The van der Waals surface area contributed by atoms with E-state index in [1.807, 2.05) is 41.1 Å². The van der Waals surface area contributed by atoms with E-state index in [0.29, 0.717) is 0 Å². The predicted octanol–water partition coefficient (Wildman–Crippen LogP) is 2.90. The van der Waals surface area contributed by atoms with Crippen LogP contribution in [0.5, 0.6) is 0 Å². The molecular formula is C24H22ClN3S. The molecule has 4 rings (SSSR count). The van der Waals surface area contributed by atoms with Gasteiger partial charge in [-0.25, -0.2) is 0 Å². The zero-order chi connectivity index (χ0) is 19.2. The minimum atomic E-state index is 0. The fourth-order valence-corrected chi connectivity index (χ4v) is 3.75. The van der Waals surface area contributed by atoms with Crippen molar-refractivity contribution in [2.24, 2.45) is 0 Å². The van der Waals surface area contributed by atoms with E-state index in [1.165, 1.54) is 11.1 Å². The first kappa shape index (κ1) is 20.8. The summed E-state index contributed by atoms with van der Waals surface area (Å²) in [6.45, 7) is 2.16. The number of benzene rings is 3. The molecule has 0 unspecified atom stereocenters. The van der Waals surface area contributed by atoms with Crippen LogP contribution in [0, 0.1) is 0 Å². The Bertz CT molecular complexity index is 1060. The van der Waals surface area contributed by atoms with E-state index in [1.54, 1.807) is 11.3 Å². The number of aromatic nitrogens is 2. The zero-order valence-corrected chi connectivity index (χ0v) is 17.7. The molecule has 0 saturated heterocycles. The van der Waals surface area contributed by atoms with Gasteiger partial charge in [0.25, 0.3) is 10.1 Å². The van der Waals surface area contributed by atoms with Crippen LogP contribution >= 0.6 is 11.3 Å². The van der Waals surface area contributed by atoms with Gasteiger partial charge in [-0.15, -0.1) is 0 Å². The van der Waals surface area contributed by atoms with Gasteiger partial charge in [0.15, 0.2) is 0 Å². The maximum absolute atomic E-state index is 4.80. The van der Waals surface area contributed by atoms with Crippen LogP contribution in [-0.2, 0) is 6.42 Å². The van der Waals surface area contributed by atoms with Gasteiger partial charge < -0.3 is 17.7 Å². The average molecular weight is 420 g/mol. The maximum Gasteiger partial charge on any atom is 0.297 e. The highest BCUT2D eigenvalue weighted by Gasteiger charge is 2.20. The lowest BCUT2D eigenvalue weighted by molar-refractivity contribution is -0.654. The summed E-state index contributed by atoms with van der Waals surface area (Å²) in [5.41, 5.74) is 4.58. The third kappa shape index (κ3) is 5.31. The molecule has 0 bridgehead atoms. The number of rotatable bonds is 6. The normalized spacial score (nSPS) is 10.7. The molecule has 0 saturated carbocycles. The number of halogens is 1. The van der Waals surface area contributed by atoms with E-state index in [-0.39, 0.29) is 12.4 Å². The first-order valence-corrected chi connectivity index (χ1v) is 10.2. The molecule has 0 fully saturated rings. The average Bonchev–Trinajstić information content (AvgIpc) is 3.17. The summed E-state index contributed by atoms with van der Waals surface area (Å²) >= 11 is 1.63. The molecule has 3 nitrogen and oxygen atoms in total. The van der Waals surface area contributed by atoms with Gasteiger partial charge in [0, 0.05) is 29.0 Å². The monoisotopic (exact) mass is 419 g/mol. The van der Waals surface area contributed by atoms with Crippen LogP contribution in [0.4, 0.5) is 10.8 Å². The van der Waals surface area contributed by atoms with Crippen molar-refractivity contribution in [2.75, 3.05) is 5.32 Å². The molecule has 0 atom stereocenters. The Balaban J connectivity index is 0.00000240. The quantitative estimate of drug-likeness (QED) is 0.487. The first-order valence-electron chi connectivity index (χ1n) is 9.39. The Morgan fingerprint density at radius 1 is 0.862 bits per heavy atom. The van der Waals surface area contributed by atoms with Crippen molar-refractivity contribution >= 4 is 34.3 Å². The lowest BCUT2D eigenvalue weighted by atomic mass is 10.1. The molecule has 3 aromatic carbocycles. The van der Waals surface area contributed by atoms with Gasteiger partial charge in [-0.1, -0.05) is 67.6 Å². The summed E-state index contributed by atoms with van der Waals surface area (Å²) in [6, 6.07) is 29.0. The fourth-order valence-electron chi connectivity index (χ4n) is 2.89. The van der Waals surface area contributed by atoms with Crippen molar-refractivity contribution in [3.05, 3.63) is 101 Å². The third-order valence-corrected chi connectivity index (χ3v) is 5.33. The lowest BCUT2D eigenvalue weighted by Gasteiger charge is -2.01. The Morgan fingerprint density at radius 3 is 2.17 bits per heavy atom. The summed E-state index contributed by atoms with van der Waals surface area (Å²) in [5.74, 6) is 0. The number of para-hydroxylation sites is 1. The van der Waals surface area contributed by atoms with Crippen LogP contribution in [0.25, 0.3) is 17.8 Å². The van der Waals surface area contributed by atoms with Gasteiger partial charge in [-0.05, 0) is 51.8 Å². The highest BCUT2D eigenvalue weighted by Crippen LogP contribution is 2.23. The Morgan fingerprint density at radius 2 is 1.52 bits per heavy atom. The Hall–Kier alpha value is -2.95. The van der Waals surface area contributed by atoms with Gasteiger partial charge >= 0.3 is 0 Å². The van der Waals surface area contributed by atoms with Gasteiger partial charge in [-0.2, -0.15) is 0 Å². The number of aryl methyl sites for hydroxylation is 1. The number of nitrogens with one attached hydrogen (secondary N) is 1. The van der Waals surface area contributed by atoms with E-state index in [2.05, 4.69) is 72.9 Å². The molecule has 4 aromatic rings. The number of hydrogen-bond acceptors (Lipinski definition) is 3. The van der Waals surface area contributed by atoms with Gasteiger partial charge in [0.1, 0.15) is 0 Å². The van der Waals surface area contributed by atoms with E-state index in [9.17, 15) is 0 Å². The summed E-state index contributed by atoms with van der Waals surface area (Å²) in [4.78, 5) is 0. The van der Waals surface area contributed by atoms with Crippen LogP contribution in [0.3, 0.4) is 0 Å². The molecule has 0 aliphatic heterocycles. The number of anilines is 2. The summed E-state index contributed by atoms with van der Waals surface area (Å²) < 4.78 is 1.98. The molecule has 1 heterocycles. The van der Waals surface area contributed by atoms with Crippen molar-refractivity contribution in [3.8, 4) is 5.69 Å². The fraction of sp³-hybridized carbons (Fsp3) is 0.0833. The largest absolute Gasteiger partial charge is 1.00 e. The second-order valence-corrected chi connectivity index (χ2v) is 7.42. The molecule has 1 aromatic heterocycles. The van der Waals surface area contributed by atoms with Crippen LogP contribution < -0.4 is 22.4 Å². The molecule has 0 radical (unpaired) electrons. The SMILES string of the molecule is CCc1ccc(Nc2n[n+](-c3ccccc3)c(/C=C/c3ccccc3)s2)cc1.[Cl-]. The molecule has 5 heteroatoms. The van der Waals surface area contributed by atoms with E-state index in [0.717, 1.165) is 27.9 Å². The first-order chi connectivity index (χ1) is 13.8. The second kappa shape index (κ2) is 10.0. The molecule has 29 heavy (non-hydrogen) atoms. The predicted molar refractivity (Wildman–Crippen MR) is 118 cm³/mol. The van der Waals surface area contributed by atoms with E-state index in [4.69, 9.17) is 5.10 Å². The topological polar surface area (TPSA) is 28.8 Å². The van der Waals surface area contributed by atoms with E-state index >= 15 is 0 Å². The standard InChI is InChI=1S/C24H22N3S.ClH/c1-2-19-13-16-21(17-14-19)25-24-26-27(22-11-7-4-8-12-22)23(28-24)18-15-20-9-5-3-6-10-20;/h3-18H,2H2,1H3,(H,25,26);1H/q+1;/p-1/b18-15+;. The van der Waals surface area contributed by atoms with Gasteiger partial charge in [0.05, 0.1) is 0 Å². The van der Waals surface area contributed by atoms with Crippen molar-refractivity contribution in [2.45, 2.75) is 13.3 Å². The number of hydrogen-bond donors (Lipinski definition) is 1. The minimum Gasteiger partial charge on any atom is -1.00 e. The summed E-state index contributed by atoms with van der Waals surface area (Å²) in [5, 5.41) is 10.2. The second-order valence-electron chi connectivity index (χ2n) is 6.41. The molecular weight excluding hydrogens is 398 g/mol. The number of nitrogens with zero attached hydrogens (tertiary/aromatic N) is 2. The molecule has 146 valence electrons. The van der Waals surface area contributed by atoms with Crippen molar-refractivity contribution in [1.29, 1.82) is 0 Å². The van der Waals surface area contributed by atoms with Crippen molar-refractivity contribution in [1.82, 2.24) is 5.10 Å². The Labute approximate surface area is 181 Å². The summed E-state index contributed by atoms with van der Waals surface area (Å²) in [6.07, 6.45) is 5.28. The van der Waals surface area contributed by atoms with Crippen LogP contribution in [0.15, 0.2) is 84.9 Å². The van der Waals surface area contributed by atoms with Crippen molar-refractivity contribution < 1.29 is 17.1 Å². The molecule has 0 spiro atoms. The Kier molecular flexibility index (Phi) is 7.17.